The minimum atomic E-state index is -0.714. The Morgan fingerprint density at radius 3 is 2.16 bits per heavy atom. The molecule has 0 spiro atoms. The summed E-state index contributed by atoms with van der Waals surface area (Å²) in [6, 6.07) is 18.9. The minimum absolute atomic E-state index is 0.0664. The van der Waals surface area contributed by atoms with Gasteiger partial charge in [0, 0.05) is 17.6 Å². The summed E-state index contributed by atoms with van der Waals surface area (Å²) in [5.74, 6) is 1.23. The zero-order valence-electron chi connectivity index (χ0n) is 21.5. The van der Waals surface area contributed by atoms with E-state index in [1.54, 1.807) is 6.08 Å². The number of amides is 4. The van der Waals surface area contributed by atoms with Crippen molar-refractivity contribution in [3.05, 3.63) is 89.3 Å². The molecule has 1 aromatic heterocycles. The Morgan fingerprint density at radius 2 is 1.50 bits per heavy atom. The van der Waals surface area contributed by atoms with Crippen molar-refractivity contribution in [3.8, 4) is 5.69 Å². The highest BCUT2D eigenvalue weighted by Crippen LogP contribution is 2.60. The molecule has 1 saturated heterocycles. The third kappa shape index (κ3) is 3.65. The number of barbiturate groups is 1. The molecule has 1 aliphatic heterocycles. The maximum atomic E-state index is 13.6. The summed E-state index contributed by atoms with van der Waals surface area (Å²) < 4.78 is 1.93. The van der Waals surface area contributed by atoms with Gasteiger partial charge >= 0.3 is 6.03 Å². The van der Waals surface area contributed by atoms with Crippen LogP contribution in [0, 0.1) is 24.7 Å². The Labute approximate surface area is 222 Å². The van der Waals surface area contributed by atoms with Crippen LogP contribution in [0.4, 0.5) is 10.5 Å². The van der Waals surface area contributed by atoms with Crippen LogP contribution in [-0.4, -0.2) is 22.4 Å². The lowest BCUT2D eigenvalue weighted by Crippen LogP contribution is -2.54. The number of para-hydroxylation sites is 1. The summed E-state index contributed by atoms with van der Waals surface area (Å²) in [4.78, 5) is 40.3. The number of aryl methyl sites for hydroxylation is 1. The van der Waals surface area contributed by atoms with Gasteiger partial charge in [0.25, 0.3) is 11.8 Å². The summed E-state index contributed by atoms with van der Waals surface area (Å²) in [5, 5.41) is 2.36. The number of nitrogens with zero attached hydrogens (tertiary/aromatic N) is 2. The van der Waals surface area contributed by atoms with Crippen molar-refractivity contribution >= 4 is 29.6 Å². The van der Waals surface area contributed by atoms with Crippen molar-refractivity contribution in [2.45, 2.75) is 50.9 Å². The monoisotopic (exact) mass is 505 g/mol. The zero-order chi connectivity index (χ0) is 26.0. The van der Waals surface area contributed by atoms with Crippen LogP contribution in [0.2, 0.25) is 0 Å². The standard InChI is InChI=1S/C32H31N3O3/c1-20-5-2-3-7-28(20)34-12-4-6-26(34)16-27-29(36)33-31(38)35(30(27)37)25-10-8-24(9-11-25)32-17-21-13-22(18-32)15-23(14-21)19-32/h2-12,16,21-23H,13-15,17-19H2,1H3,(H,33,36,38)/b27-16+. The lowest BCUT2D eigenvalue weighted by atomic mass is 9.48. The topological polar surface area (TPSA) is 71.4 Å². The number of aromatic nitrogens is 1. The molecule has 8 rings (SSSR count). The molecular weight excluding hydrogens is 474 g/mol. The molecule has 6 nitrogen and oxygen atoms in total. The molecule has 4 aliphatic carbocycles. The van der Waals surface area contributed by atoms with Crippen LogP contribution in [0.5, 0.6) is 0 Å². The fraction of sp³-hybridized carbons (Fsp3) is 0.344. The molecule has 192 valence electrons. The number of imide groups is 2. The SMILES string of the molecule is Cc1ccccc1-n1cccc1/C=C1\C(=O)NC(=O)N(c2ccc(C34CC5CC(CC(C5)C3)C4)cc2)C1=O. The van der Waals surface area contributed by atoms with Crippen LogP contribution in [0.1, 0.15) is 55.3 Å². The summed E-state index contributed by atoms with van der Waals surface area (Å²) in [7, 11) is 0. The predicted molar refractivity (Wildman–Crippen MR) is 146 cm³/mol. The Kier molecular flexibility index (Phi) is 5.22. The molecule has 4 bridgehead atoms. The fourth-order valence-electron chi connectivity index (χ4n) is 8.03. The van der Waals surface area contributed by atoms with Crippen molar-refractivity contribution < 1.29 is 14.4 Å². The van der Waals surface area contributed by atoms with Gasteiger partial charge < -0.3 is 4.57 Å². The molecule has 0 radical (unpaired) electrons. The lowest BCUT2D eigenvalue weighted by molar-refractivity contribution is -0.122. The maximum Gasteiger partial charge on any atom is 0.335 e. The van der Waals surface area contributed by atoms with Crippen LogP contribution in [0.3, 0.4) is 0 Å². The van der Waals surface area contributed by atoms with Crippen LogP contribution >= 0.6 is 0 Å². The van der Waals surface area contributed by atoms with E-state index in [1.807, 2.05) is 66.2 Å². The molecule has 1 N–H and O–H groups in total. The highest BCUT2D eigenvalue weighted by Gasteiger charge is 2.51. The first-order chi connectivity index (χ1) is 18.4. The van der Waals surface area contributed by atoms with Crippen LogP contribution in [0.15, 0.2) is 72.4 Å². The second-order valence-corrected chi connectivity index (χ2v) is 11.8. The summed E-state index contributed by atoms with van der Waals surface area (Å²) in [6.45, 7) is 2.01. The first-order valence-electron chi connectivity index (χ1n) is 13.7. The molecule has 5 aliphatic rings. The largest absolute Gasteiger partial charge is 0.335 e. The van der Waals surface area contributed by atoms with Crippen molar-refractivity contribution in [2.75, 3.05) is 4.90 Å². The third-order valence-corrected chi connectivity index (χ3v) is 9.33. The van der Waals surface area contributed by atoms with E-state index >= 15 is 0 Å². The number of anilines is 1. The van der Waals surface area contributed by atoms with Gasteiger partial charge in [0.05, 0.1) is 5.69 Å². The quantitative estimate of drug-likeness (QED) is 0.353. The number of carbonyl (C=O) groups excluding carboxylic acids is 3. The molecule has 5 fully saturated rings. The number of carbonyl (C=O) groups is 3. The Balaban J connectivity index is 1.19. The highest BCUT2D eigenvalue weighted by atomic mass is 16.2. The molecule has 3 aromatic rings. The number of benzene rings is 2. The van der Waals surface area contributed by atoms with Gasteiger partial charge in [-0.25, -0.2) is 9.69 Å². The first kappa shape index (κ1) is 23.2. The van der Waals surface area contributed by atoms with Crippen LogP contribution in [0.25, 0.3) is 11.8 Å². The summed E-state index contributed by atoms with van der Waals surface area (Å²) in [5.41, 5.74) is 4.69. The van der Waals surface area contributed by atoms with Gasteiger partial charge in [0.15, 0.2) is 0 Å². The van der Waals surface area contributed by atoms with Crippen molar-refractivity contribution in [1.82, 2.24) is 9.88 Å². The van der Waals surface area contributed by atoms with E-state index in [4.69, 9.17) is 0 Å². The van der Waals surface area contributed by atoms with Crippen LogP contribution in [-0.2, 0) is 15.0 Å². The second kappa shape index (κ2) is 8.55. The van der Waals surface area contributed by atoms with Gasteiger partial charge in [-0.3, -0.25) is 14.9 Å². The zero-order valence-corrected chi connectivity index (χ0v) is 21.5. The highest BCUT2D eigenvalue weighted by molar-refractivity contribution is 6.39. The van der Waals surface area contributed by atoms with Gasteiger partial charge in [0.1, 0.15) is 5.57 Å². The molecule has 0 atom stereocenters. The van der Waals surface area contributed by atoms with Gasteiger partial charge in [-0.15, -0.1) is 0 Å². The Morgan fingerprint density at radius 1 is 0.842 bits per heavy atom. The minimum Gasteiger partial charge on any atom is -0.317 e. The normalized spacial score (nSPS) is 29.3. The molecule has 2 aromatic carbocycles. The average molecular weight is 506 g/mol. The number of rotatable bonds is 4. The van der Waals surface area contributed by atoms with Crippen molar-refractivity contribution in [2.24, 2.45) is 17.8 Å². The number of urea groups is 1. The Hall–Kier alpha value is -3.93. The number of nitrogens with one attached hydrogen (secondary N) is 1. The van der Waals surface area contributed by atoms with Gasteiger partial charge in [-0.05, 0) is 116 Å². The molecular formula is C32H31N3O3. The summed E-state index contributed by atoms with van der Waals surface area (Å²) >= 11 is 0. The van der Waals surface area contributed by atoms with E-state index in [1.165, 1.54) is 44.1 Å². The van der Waals surface area contributed by atoms with E-state index in [0.717, 1.165) is 33.9 Å². The van der Waals surface area contributed by atoms with Gasteiger partial charge in [-0.1, -0.05) is 30.3 Å². The van der Waals surface area contributed by atoms with Crippen molar-refractivity contribution in [1.29, 1.82) is 0 Å². The second-order valence-electron chi connectivity index (χ2n) is 11.8. The number of hydrogen-bond acceptors (Lipinski definition) is 3. The molecule has 4 saturated carbocycles. The molecule has 4 amide bonds. The van der Waals surface area contributed by atoms with E-state index in [2.05, 4.69) is 17.4 Å². The molecule has 6 heteroatoms. The smallest absolute Gasteiger partial charge is 0.317 e. The lowest BCUT2D eigenvalue weighted by Gasteiger charge is -2.57. The average Bonchev–Trinajstić information content (AvgIpc) is 3.34. The Bertz CT molecular complexity index is 1460. The predicted octanol–water partition coefficient (Wildman–Crippen LogP) is 5.92. The summed E-state index contributed by atoms with van der Waals surface area (Å²) in [6.07, 6.45) is 11.4. The van der Waals surface area contributed by atoms with Crippen molar-refractivity contribution in [3.63, 3.8) is 0 Å². The van der Waals surface area contributed by atoms with Gasteiger partial charge in [0.2, 0.25) is 0 Å². The van der Waals surface area contributed by atoms with E-state index in [0.29, 0.717) is 11.4 Å². The van der Waals surface area contributed by atoms with E-state index in [9.17, 15) is 14.4 Å². The van der Waals surface area contributed by atoms with Gasteiger partial charge in [-0.2, -0.15) is 0 Å². The van der Waals surface area contributed by atoms with Crippen LogP contribution < -0.4 is 10.2 Å². The third-order valence-electron chi connectivity index (χ3n) is 9.33. The molecule has 0 unspecified atom stereocenters. The van der Waals surface area contributed by atoms with E-state index in [-0.39, 0.29) is 11.0 Å². The first-order valence-corrected chi connectivity index (χ1v) is 13.7. The number of hydrogen-bond donors (Lipinski definition) is 1. The maximum absolute atomic E-state index is 13.6. The fourth-order valence-corrected chi connectivity index (χ4v) is 8.03. The molecule has 38 heavy (non-hydrogen) atoms. The van der Waals surface area contributed by atoms with E-state index < -0.39 is 17.8 Å². The molecule has 2 heterocycles.